The summed E-state index contributed by atoms with van der Waals surface area (Å²) < 4.78 is 0. The third-order valence-corrected chi connectivity index (χ3v) is 3.57. The number of oxime groups is 1. The fraction of sp³-hybridized carbons (Fsp3) is 0.429. The van der Waals surface area contributed by atoms with Crippen LogP contribution in [0, 0.1) is 0 Å². The van der Waals surface area contributed by atoms with Gasteiger partial charge in [0.1, 0.15) is 0 Å². The topological polar surface area (TPSA) is 82.2 Å². The first kappa shape index (κ1) is 14.2. The van der Waals surface area contributed by atoms with Crippen molar-refractivity contribution >= 4 is 17.6 Å². The van der Waals surface area contributed by atoms with Crippen LogP contribution in [0.1, 0.15) is 24.8 Å². The van der Waals surface area contributed by atoms with E-state index in [4.69, 9.17) is 10.9 Å². The van der Waals surface area contributed by atoms with Crippen molar-refractivity contribution in [2.45, 2.75) is 19.3 Å². The first-order valence-electron chi connectivity index (χ1n) is 6.74. The van der Waals surface area contributed by atoms with Crippen LogP contribution >= 0.6 is 0 Å². The van der Waals surface area contributed by atoms with E-state index in [9.17, 15) is 4.79 Å². The third kappa shape index (κ3) is 3.01. The van der Waals surface area contributed by atoms with Gasteiger partial charge in [0.15, 0.2) is 5.84 Å². The quantitative estimate of drug-likeness (QED) is 0.374. The Labute approximate surface area is 118 Å². The van der Waals surface area contributed by atoms with Crippen molar-refractivity contribution in [3.05, 3.63) is 29.8 Å². The molecule has 0 aromatic heterocycles. The maximum Gasteiger partial charge on any atom is 0.324 e. The van der Waals surface area contributed by atoms with Crippen molar-refractivity contribution in [2.75, 3.05) is 25.0 Å². The van der Waals surface area contributed by atoms with Crippen molar-refractivity contribution in [3.63, 3.8) is 0 Å². The first-order chi connectivity index (χ1) is 9.63. The number of carbonyl (C=O) groups excluding carboxylic acids is 1. The number of anilines is 1. The van der Waals surface area contributed by atoms with Crippen LogP contribution in [0.25, 0.3) is 0 Å². The van der Waals surface area contributed by atoms with E-state index >= 15 is 0 Å². The highest BCUT2D eigenvalue weighted by molar-refractivity contribution is 5.98. The zero-order chi connectivity index (χ0) is 14.5. The first-order valence-corrected chi connectivity index (χ1v) is 6.74. The van der Waals surface area contributed by atoms with Crippen LogP contribution in [0.4, 0.5) is 10.5 Å². The molecule has 6 heteroatoms. The van der Waals surface area contributed by atoms with E-state index in [1.807, 2.05) is 4.90 Å². The standard InChI is InChI=1S/C14H20N4O2/c1-17(14(19)18-9-3-2-4-10-18)12-7-5-11(6-8-12)13(15)16-20/h5-8,20H,2-4,9-10H2,1H3,(H2,15,16). The molecule has 1 saturated heterocycles. The number of rotatable bonds is 2. The Morgan fingerprint density at radius 2 is 1.85 bits per heavy atom. The number of amides is 2. The molecule has 1 fully saturated rings. The van der Waals surface area contributed by atoms with Crippen LogP contribution in [0.15, 0.2) is 29.4 Å². The van der Waals surface area contributed by atoms with E-state index in [0.717, 1.165) is 31.6 Å². The number of likely N-dealkylation sites (tertiary alicyclic amines) is 1. The molecule has 2 rings (SSSR count). The molecule has 6 nitrogen and oxygen atoms in total. The zero-order valence-electron chi connectivity index (χ0n) is 11.6. The van der Waals surface area contributed by atoms with Gasteiger partial charge in [-0.25, -0.2) is 4.79 Å². The number of hydrogen-bond acceptors (Lipinski definition) is 3. The molecule has 0 bridgehead atoms. The summed E-state index contributed by atoms with van der Waals surface area (Å²) >= 11 is 0. The van der Waals surface area contributed by atoms with Crippen LogP contribution in [-0.2, 0) is 0 Å². The normalized spacial score (nSPS) is 16.1. The minimum absolute atomic E-state index is 0.0150. The Hall–Kier alpha value is -2.24. The predicted molar refractivity (Wildman–Crippen MR) is 78.2 cm³/mol. The van der Waals surface area contributed by atoms with Gasteiger partial charge in [-0.1, -0.05) is 5.16 Å². The fourth-order valence-corrected chi connectivity index (χ4v) is 2.32. The monoisotopic (exact) mass is 276 g/mol. The van der Waals surface area contributed by atoms with Gasteiger partial charge in [0.2, 0.25) is 0 Å². The van der Waals surface area contributed by atoms with Gasteiger partial charge in [-0.05, 0) is 43.5 Å². The molecular weight excluding hydrogens is 256 g/mol. The van der Waals surface area contributed by atoms with Crippen molar-refractivity contribution in [3.8, 4) is 0 Å². The molecule has 2 amide bonds. The summed E-state index contributed by atoms with van der Waals surface area (Å²) in [7, 11) is 1.76. The van der Waals surface area contributed by atoms with Crippen molar-refractivity contribution in [1.82, 2.24) is 4.90 Å². The molecule has 0 saturated carbocycles. The molecule has 1 aromatic carbocycles. The number of piperidine rings is 1. The Morgan fingerprint density at radius 3 is 2.40 bits per heavy atom. The third-order valence-electron chi connectivity index (χ3n) is 3.57. The van der Waals surface area contributed by atoms with Gasteiger partial charge in [0.05, 0.1) is 0 Å². The molecule has 0 spiro atoms. The maximum atomic E-state index is 12.3. The molecule has 1 aromatic rings. The molecule has 0 aliphatic carbocycles. The van der Waals surface area contributed by atoms with E-state index in [0.29, 0.717) is 5.56 Å². The minimum Gasteiger partial charge on any atom is -0.409 e. The van der Waals surface area contributed by atoms with Crippen LogP contribution in [-0.4, -0.2) is 42.1 Å². The highest BCUT2D eigenvalue weighted by Gasteiger charge is 2.20. The van der Waals surface area contributed by atoms with Crippen LogP contribution in [0.3, 0.4) is 0 Å². The highest BCUT2D eigenvalue weighted by Crippen LogP contribution is 2.17. The molecule has 108 valence electrons. The van der Waals surface area contributed by atoms with E-state index in [2.05, 4.69) is 5.16 Å². The van der Waals surface area contributed by atoms with Crippen molar-refractivity contribution in [1.29, 1.82) is 0 Å². The van der Waals surface area contributed by atoms with Crippen LogP contribution in [0.2, 0.25) is 0 Å². The molecule has 0 unspecified atom stereocenters. The molecule has 0 atom stereocenters. The van der Waals surface area contributed by atoms with Crippen LogP contribution in [0.5, 0.6) is 0 Å². The molecule has 20 heavy (non-hydrogen) atoms. The second-order valence-electron chi connectivity index (χ2n) is 4.92. The Bertz CT molecular complexity index is 492. The second-order valence-corrected chi connectivity index (χ2v) is 4.92. The average Bonchev–Trinajstić information content (AvgIpc) is 2.53. The lowest BCUT2D eigenvalue weighted by molar-refractivity contribution is 0.194. The molecule has 1 aliphatic rings. The summed E-state index contributed by atoms with van der Waals surface area (Å²) in [5.74, 6) is 0.0570. The zero-order valence-corrected chi connectivity index (χ0v) is 11.6. The lowest BCUT2D eigenvalue weighted by atomic mass is 10.1. The highest BCUT2D eigenvalue weighted by atomic mass is 16.4. The number of hydrogen-bond donors (Lipinski definition) is 2. The Morgan fingerprint density at radius 1 is 1.25 bits per heavy atom. The van der Waals surface area contributed by atoms with E-state index < -0.39 is 0 Å². The average molecular weight is 276 g/mol. The number of nitrogens with zero attached hydrogens (tertiary/aromatic N) is 3. The lowest BCUT2D eigenvalue weighted by Gasteiger charge is -2.31. The summed E-state index contributed by atoms with van der Waals surface area (Å²) in [6, 6.07) is 7.04. The van der Waals surface area contributed by atoms with Gasteiger partial charge >= 0.3 is 6.03 Å². The van der Waals surface area contributed by atoms with Crippen molar-refractivity contribution in [2.24, 2.45) is 10.9 Å². The van der Waals surface area contributed by atoms with E-state index in [1.165, 1.54) is 6.42 Å². The summed E-state index contributed by atoms with van der Waals surface area (Å²) in [6.45, 7) is 1.65. The minimum atomic E-state index is 0.0150. The SMILES string of the molecule is CN(C(=O)N1CCCCC1)c1ccc(C(N)=NO)cc1. The molecule has 0 radical (unpaired) electrons. The molecular formula is C14H20N4O2. The maximum absolute atomic E-state index is 12.3. The Balaban J connectivity index is 2.08. The summed E-state index contributed by atoms with van der Waals surface area (Å²) in [5, 5.41) is 11.6. The number of amidine groups is 1. The molecule has 1 heterocycles. The number of carbonyl (C=O) groups is 1. The Kier molecular flexibility index (Phi) is 4.45. The smallest absolute Gasteiger partial charge is 0.324 e. The summed E-state index contributed by atoms with van der Waals surface area (Å²) in [4.78, 5) is 15.8. The van der Waals surface area contributed by atoms with Gasteiger partial charge in [-0.3, -0.25) is 4.90 Å². The second kappa shape index (κ2) is 6.27. The van der Waals surface area contributed by atoms with Gasteiger partial charge < -0.3 is 15.8 Å². The van der Waals surface area contributed by atoms with Gasteiger partial charge in [-0.15, -0.1) is 0 Å². The van der Waals surface area contributed by atoms with Crippen LogP contribution < -0.4 is 10.6 Å². The molecule has 3 N–H and O–H groups in total. The van der Waals surface area contributed by atoms with Gasteiger partial charge in [0, 0.05) is 31.4 Å². The largest absolute Gasteiger partial charge is 0.409 e. The molecule has 1 aliphatic heterocycles. The number of benzene rings is 1. The predicted octanol–water partition coefficient (Wildman–Crippen LogP) is 1.82. The lowest BCUT2D eigenvalue weighted by Crippen LogP contribution is -2.43. The summed E-state index contributed by atoms with van der Waals surface area (Å²) in [6.07, 6.45) is 3.34. The number of nitrogens with two attached hydrogens (primary N) is 1. The van der Waals surface area contributed by atoms with Crippen molar-refractivity contribution < 1.29 is 10.0 Å². The van der Waals surface area contributed by atoms with Gasteiger partial charge in [0.25, 0.3) is 0 Å². The van der Waals surface area contributed by atoms with Gasteiger partial charge in [-0.2, -0.15) is 0 Å². The van der Waals surface area contributed by atoms with E-state index in [1.54, 1.807) is 36.2 Å². The summed E-state index contributed by atoms with van der Waals surface area (Å²) in [5.41, 5.74) is 6.92. The number of urea groups is 1. The van der Waals surface area contributed by atoms with E-state index in [-0.39, 0.29) is 11.9 Å². The fourth-order valence-electron chi connectivity index (χ4n) is 2.32.